The van der Waals surface area contributed by atoms with Crippen LogP contribution in [0.15, 0.2) is 77.7 Å². The number of carbonyl (C=O) groups is 2. The molecule has 9 heteroatoms. The summed E-state index contributed by atoms with van der Waals surface area (Å²) in [5, 5.41) is 2.74. The van der Waals surface area contributed by atoms with Gasteiger partial charge in [0.15, 0.2) is 0 Å². The normalized spacial score (nSPS) is 16.2. The molecule has 1 heterocycles. The molecule has 0 fully saturated rings. The van der Waals surface area contributed by atoms with Gasteiger partial charge in [-0.05, 0) is 48.0 Å². The molecule has 4 rings (SSSR count). The van der Waals surface area contributed by atoms with Crippen LogP contribution in [0.4, 0.5) is 10.1 Å². The molecule has 0 bridgehead atoms. The number of hydrogen-bond donors (Lipinski definition) is 1. The summed E-state index contributed by atoms with van der Waals surface area (Å²) < 4.78 is 40.0. The lowest BCUT2D eigenvalue weighted by Crippen LogP contribution is -2.39. The molecule has 1 N–H and O–H groups in total. The van der Waals surface area contributed by atoms with Crippen molar-refractivity contribution in [2.45, 2.75) is 10.9 Å². The minimum atomic E-state index is -3.65. The standard InChI is InChI=1S/C24H22FN3O4S/c1-27(2)33(31,32)19-11-8-17(9-12-19)24(30)28-15-22(29)26-21-13-10-18(25)14-20(21)23(28)16-6-4-3-5-7-16/h3-14,23H,15H2,1-2H3,(H,26,29)/t23-/m0/s1. The van der Waals surface area contributed by atoms with Crippen LogP contribution in [0.1, 0.15) is 27.5 Å². The Labute approximate surface area is 191 Å². The van der Waals surface area contributed by atoms with E-state index in [0.29, 0.717) is 16.8 Å². The van der Waals surface area contributed by atoms with Gasteiger partial charge in [-0.25, -0.2) is 17.1 Å². The third kappa shape index (κ3) is 4.37. The quantitative estimate of drug-likeness (QED) is 0.638. The Morgan fingerprint density at radius 3 is 2.33 bits per heavy atom. The van der Waals surface area contributed by atoms with Crippen molar-refractivity contribution < 1.29 is 22.4 Å². The van der Waals surface area contributed by atoms with Crippen molar-refractivity contribution in [3.63, 3.8) is 0 Å². The summed E-state index contributed by atoms with van der Waals surface area (Å²) >= 11 is 0. The summed E-state index contributed by atoms with van der Waals surface area (Å²) in [6.07, 6.45) is 0. The molecule has 1 aliphatic rings. The van der Waals surface area contributed by atoms with E-state index in [1.54, 1.807) is 12.1 Å². The highest BCUT2D eigenvalue weighted by molar-refractivity contribution is 7.89. The van der Waals surface area contributed by atoms with E-state index in [-0.39, 0.29) is 17.0 Å². The van der Waals surface area contributed by atoms with Crippen LogP contribution in [0, 0.1) is 5.82 Å². The monoisotopic (exact) mass is 467 g/mol. The van der Waals surface area contributed by atoms with Crippen LogP contribution >= 0.6 is 0 Å². The number of hydrogen-bond acceptors (Lipinski definition) is 4. The Morgan fingerprint density at radius 1 is 1.03 bits per heavy atom. The lowest BCUT2D eigenvalue weighted by molar-refractivity contribution is -0.117. The molecule has 1 atom stereocenters. The number of nitrogens with one attached hydrogen (secondary N) is 1. The Kier molecular flexibility index (Phi) is 6.01. The summed E-state index contributed by atoms with van der Waals surface area (Å²) in [4.78, 5) is 27.6. The minimum absolute atomic E-state index is 0.0460. The van der Waals surface area contributed by atoms with Crippen LogP contribution in [-0.2, 0) is 14.8 Å². The molecule has 0 aromatic heterocycles. The van der Waals surface area contributed by atoms with Gasteiger partial charge in [-0.3, -0.25) is 9.59 Å². The molecule has 0 radical (unpaired) electrons. The topological polar surface area (TPSA) is 86.8 Å². The first-order chi connectivity index (χ1) is 15.7. The van der Waals surface area contributed by atoms with Crippen molar-refractivity contribution in [2.24, 2.45) is 0 Å². The van der Waals surface area contributed by atoms with Crippen molar-refractivity contribution in [1.29, 1.82) is 0 Å². The molecule has 0 spiro atoms. The molecule has 0 saturated heterocycles. The summed E-state index contributed by atoms with van der Waals surface area (Å²) in [6.45, 7) is -0.257. The molecule has 0 saturated carbocycles. The average molecular weight is 468 g/mol. The van der Waals surface area contributed by atoms with Crippen molar-refractivity contribution in [1.82, 2.24) is 9.21 Å². The molecule has 0 unspecified atom stereocenters. The molecular formula is C24H22FN3O4S. The van der Waals surface area contributed by atoms with E-state index < -0.39 is 33.7 Å². The van der Waals surface area contributed by atoms with E-state index in [4.69, 9.17) is 0 Å². The van der Waals surface area contributed by atoms with Crippen molar-refractivity contribution in [3.8, 4) is 0 Å². The van der Waals surface area contributed by atoms with Crippen LogP contribution in [0.25, 0.3) is 0 Å². The molecule has 3 aromatic carbocycles. The highest BCUT2D eigenvalue weighted by Crippen LogP contribution is 2.37. The van der Waals surface area contributed by atoms with E-state index in [9.17, 15) is 22.4 Å². The first-order valence-electron chi connectivity index (χ1n) is 10.2. The summed E-state index contributed by atoms with van der Waals surface area (Å²) in [7, 11) is -0.811. The first kappa shape index (κ1) is 22.6. The van der Waals surface area contributed by atoms with E-state index in [1.165, 1.54) is 61.5 Å². The maximum Gasteiger partial charge on any atom is 0.255 e. The van der Waals surface area contributed by atoms with E-state index in [2.05, 4.69) is 5.32 Å². The van der Waals surface area contributed by atoms with Gasteiger partial charge in [0.1, 0.15) is 12.4 Å². The van der Waals surface area contributed by atoms with E-state index in [1.807, 2.05) is 18.2 Å². The van der Waals surface area contributed by atoms with Crippen LogP contribution < -0.4 is 5.32 Å². The lowest BCUT2D eigenvalue weighted by Gasteiger charge is -2.30. The Bertz CT molecular complexity index is 1310. The van der Waals surface area contributed by atoms with Gasteiger partial charge in [0.25, 0.3) is 5.91 Å². The number of halogens is 1. The fraction of sp³-hybridized carbons (Fsp3) is 0.167. The van der Waals surface area contributed by atoms with Crippen molar-refractivity contribution in [3.05, 3.63) is 95.3 Å². The smallest absolute Gasteiger partial charge is 0.255 e. The second kappa shape index (κ2) is 8.76. The van der Waals surface area contributed by atoms with Gasteiger partial charge in [0.05, 0.1) is 10.9 Å². The predicted octanol–water partition coefficient (Wildman–Crippen LogP) is 3.26. The second-order valence-electron chi connectivity index (χ2n) is 7.84. The molecule has 3 aromatic rings. The third-order valence-electron chi connectivity index (χ3n) is 5.46. The van der Waals surface area contributed by atoms with Gasteiger partial charge in [0, 0.05) is 30.9 Å². The number of benzene rings is 3. The van der Waals surface area contributed by atoms with E-state index in [0.717, 1.165) is 4.31 Å². The molecule has 0 aliphatic carbocycles. The Morgan fingerprint density at radius 2 is 1.70 bits per heavy atom. The molecule has 7 nitrogen and oxygen atoms in total. The highest BCUT2D eigenvalue weighted by atomic mass is 32.2. The number of fused-ring (bicyclic) bond motifs is 1. The van der Waals surface area contributed by atoms with Gasteiger partial charge in [0.2, 0.25) is 15.9 Å². The molecule has 33 heavy (non-hydrogen) atoms. The van der Waals surface area contributed by atoms with Crippen LogP contribution in [-0.4, -0.2) is 50.1 Å². The summed E-state index contributed by atoms with van der Waals surface area (Å²) in [6, 6.07) is 17.9. The summed E-state index contributed by atoms with van der Waals surface area (Å²) in [5.41, 5.74) is 1.80. The fourth-order valence-corrected chi connectivity index (χ4v) is 4.71. The maximum absolute atomic E-state index is 14.2. The summed E-state index contributed by atoms with van der Waals surface area (Å²) in [5.74, 6) is -1.39. The number of anilines is 1. The van der Waals surface area contributed by atoms with E-state index >= 15 is 0 Å². The van der Waals surface area contributed by atoms with Crippen LogP contribution in [0.2, 0.25) is 0 Å². The number of carbonyl (C=O) groups excluding carboxylic acids is 2. The number of nitrogens with zero attached hydrogens (tertiary/aromatic N) is 2. The van der Waals surface area contributed by atoms with Gasteiger partial charge in [-0.1, -0.05) is 30.3 Å². The zero-order chi connectivity index (χ0) is 23.8. The molecule has 170 valence electrons. The molecule has 1 aliphatic heterocycles. The zero-order valence-corrected chi connectivity index (χ0v) is 18.8. The predicted molar refractivity (Wildman–Crippen MR) is 122 cm³/mol. The maximum atomic E-state index is 14.2. The first-order valence-corrected chi connectivity index (χ1v) is 11.6. The van der Waals surface area contributed by atoms with Gasteiger partial charge in [-0.15, -0.1) is 0 Å². The zero-order valence-electron chi connectivity index (χ0n) is 18.0. The van der Waals surface area contributed by atoms with Crippen LogP contribution in [0.3, 0.4) is 0 Å². The average Bonchev–Trinajstić information content (AvgIpc) is 2.94. The lowest BCUT2D eigenvalue weighted by atomic mass is 9.95. The minimum Gasteiger partial charge on any atom is -0.324 e. The Hall–Kier alpha value is -3.56. The Balaban J connectivity index is 1.80. The van der Waals surface area contributed by atoms with Gasteiger partial charge >= 0.3 is 0 Å². The number of amides is 2. The highest BCUT2D eigenvalue weighted by Gasteiger charge is 2.34. The fourth-order valence-electron chi connectivity index (χ4n) is 3.81. The largest absolute Gasteiger partial charge is 0.324 e. The van der Waals surface area contributed by atoms with Crippen LogP contribution in [0.5, 0.6) is 0 Å². The third-order valence-corrected chi connectivity index (χ3v) is 7.29. The molecular weight excluding hydrogens is 445 g/mol. The second-order valence-corrected chi connectivity index (χ2v) is 9.99. The van der Waals surface area contributed by atoms with Crippen molar-refractivity contribution >= 4 is 27.5 Å². The van der Waals surface area contributed by atoms with Gasteiger partial charge < -0.3 is 10.2 Å². The van der Waals surface area contributed by atoms with Crippen molar-refractivity contribution in [2.75, 3.05) is 26.0 Å². The van der Waals surface area contributed by atoms with Gasteiger partial charge in [-0.2, -0.15) is 0 Å². The molecule has 2 amide bonds. The number of rotatable bonds is 4. The SMILES string of the molecule is CN(C)S(=O)(=O)c1ccc(C(=O)N2CC(=O)Nc3ccc(F)cc3[C@@H]2c2ccccc2)cc1. The number of sulfonamides is 1.